The Bertz CT molecular complexity index is 942. The summed E-state index contributed by atoms with van der Waals surface area (Å²) in [6.07, 6.45) is 1.94. The van der Waals surface area contributed by atoms with Crippen LogP contribution in [-0.2, 0) is 6.42 Å². The van der Waals surface area contributed by atoms with E-state index in [2.05, 4.69) is 15.6 Å². The molecule has 146 valence electrons. The van der Waals surface area contributed by atoms with E-state index in [1.54, 1.807) is 19.1 Å². The number of hydrogen-bond donors (Lipinski definition) is 2. The average molecular weight is 387 g/mol. The molecule has 6 nitrogen and oxygen atoms in total. The van der Waals surface area contributed by atoms with Crippen LogP contribution in [0.2, 0.25) is 0 Å². The van der Waals surface area contributed by atoms with Crippen LogP contribution in [0.1, 0.15) is 12.6 Å². The number of aromatic nitrogens is 1. The average Bonchev–Trinajstić information content (AvgIpc) is 3.14. The molecule has 1 aromatic heterocycles. The van der Waals surface area contributed by atoms with E-state index in [-0.39, 0.29) is 11.6 Å². The van der Waals surface area contributed by atoms with Crippen molar-refractivity contribution < 1.29 is 22.7 Å². The lowest BCUT2D eigenvalue weighted by Gasteiger charge is -2.12. The SMILES string of the molecule is CCOc1cc(F)ccc1NC(=O)NCCc1coc(-c2ccc(F)cc2)n1. The normalized spacial score (nSPS) is 10.5. The van der Waals surface area contributed by atoms with Crippen LogP contribution in [-0.4, -0.2) is 24.2 Å². The summed E-state index contributed by atoms with van der Waals surface area (Å²) in [6.45, 7) is 2.43. The summed E-state index contributed by atoms with van der Waals surface area (Å²) in [5, 5.41) is 5.31. The van der Waals surface area contributed by atoms with Gasteiger partial charge in [-0.3, -0.25) is 0 Å². The molecule has 3 aromatic rings. The van der Waals surface area contributed by atoms with Crippen LogP contribution in [0.15, 0.2) is 53.1 Å². The van der Waals surface area contributed by atoms with Gasteiger partial charge in [-0.15, -0.1) is 0 Å². The minimum atomic E-state index is -0.449. The maximum Gasteiger partial charge on any atom is 0.319 e. The maximum atomic E-state index is 13.3. The third-order valence-electron chi connectivity index (χ3n) is 3.80. The summed E-state index contributed by atoms with van der Waals surface area (Å²) in [5.74, 6) is -0.137. The third kappa shape index (κ3) is 5.06. The molecule has 28 heavy (non-hydrogen) atoms. The largest absolute Gasteiger partial charge is 0.492 e. The Labute approximate surface area is 160 Å². The number of ether oxygens (including phenoxy) is 1. The van der Waals surface area contributed by atoms with Crippen LogP contribution < -0.4 is 15.4 Å². The van der Waals surface area contributed by atoms with Crippen LogP contribution in [0.4, 0.5) is 19.3 Å². The van der Waals surface area contributed by atoms with Gasteiger partial charge in [0, 0.05) is 24.6 Å². The summed E-state index contributed by atoms with van der Waals surface area (Å²) in [5.41, 5.74) is 1.69. The Morgan fingerprint density at radius 1 is 1.14 bits per heavy atom. The lowest BCUT2D eigenvalue weighted by atomic mass is 10.2. The highest BCUT2D eigenvalue weighted by Crippen LogP contribution is 2.25. The monoisotopic (exact) mass is 387 g/mol. The lowest BCUT2D eigenvalue weighted by molar-refractivity contribution is 0.252. The van der Waals surface area contributed by atoms with Gasteiger partial charge in [0.25, 0.3) is 0 Å². The van der Waals surface area contributed by atoms with Crippen molar-refractivity contribution in [1.82, 2.24) is 10.3 Å². The molecule has 0 aliphatic carbocycles. The highest BCUT2D eigenvalue weighted by atomic mass is 19.1. The third-order valence-corrected chi connectivity index (χ3v) is 3.80. The molecule has 8 heteroatoms. The highest BCUT2D eigenvalue weighted by Gasteiger charge is 2.10. The van der Waals surface area contributed by atoms with Gasteiger partial charge in [0.05, 0.1) is 18.0 Å². The molecule has 3 rings (SSSR count). The van der Waals surface area contributed by atoms with Gasteiger partial charge in [0.15, 0.2) is 0 Å². The maximum absolute atomic E-state index is 13.3. The summed E-state index contributed by atoms with van der Waals surface area (Å²) in [4.78, 5) is 16.4. The minimum Gasteiger partial charge on any atom is -0.492 e. The number of amides is 2. The second-order valence-electron chi connectivity index (χ2n) is 5.86. The van der Waals surface area contributed by atoms with Crippen LogP contribution >= 0.6 is 0 Å². The number of carbonyl (C=O) groups is 1. The van der Waals surface area contributed by atoms with Gasteiger partial charge in [0.2, 0.25) is 5.89 Å². The number of urea groups is 1. The Kier molecular flexibility index (Phi) is 6.21. The Balaban J connectivity index is 1.51. The van der Waals surface area contributed by atoms with E-state index in [9.17, 15) is 13.6 Å². The van der Waals surface area contributed by atoms with E-state index < -0.39 is 11.8 Å². The first kappa shape index (κ1) is 19.3. The van der Waals surface area contributed by atoms with E-state index in [0.29, 0.717) is 42.4 Å². The highest BCUT2D eigenvalue weighted by molar-refractivity contribution is 5.90. The van der Waals surface area contributed by atoms with Crippen LogP contribution in [0, 0.1) is 11.6 Å². The van der Waals surface area contributed by atoms with Gasteiger partial charge >= 0.3 is 6.03 Å². The zero-order valence-electron chi connectivity index (χ0n) is 15.2. The number of carbonyl (C=O) groups excluding carboxylic acids is 1. The molecule has 2 N–H and O–H groups in total. The number of halogens is 2. The summed E-state index contributed by atoms with van der Waals surface area (Å²) in [6, 6.07) is 9.26. The van der Waals surface area contributed by atoms with E-state index in [1.807, 2.05) is 0 Å². The van der Waals surface area contributed by atoms with Crippen molar-refractivity contribution in [3.63, 3.8) is 0 Å². The molecular formula is C20H19F2N3O3. The minimum absolute atomic E-state index is 0.262. The molecule has 0 aliphatic heterocycles. The van der Waals surface area contributed by atoms with E-state index >= 15 is 0 Å². The second-order valence-corrected chi connectivity index (χ2v) is 5.86. The van der Waals surface area contributed by atoms with Gasteiger partial charge in [-0.1, -0.05) is 0 Å². The molecule has 0 unspecified atom stereocenters. The zero-order chi connectivity index (χ0) is 19.9. The Morgan fingerprint density at radius 3 is 2.64 bits per heavy atom. The number of nitrogens with zero attached hydrogens (tertiary/aromatic N) is 1. The molecule has 0 spiro atoms. The first-order chi connectivity index (χ1) is 13.5. The molecule has 1 heterocycles. The number of hydrogen-bond acceptors (Lipinski definition) is 4. The molecule has 2 amide bonds. The lowest BCUT2D eigenvalue weighted by Crippen LogP contribution is -2.30. The predicted molar refractivity (Wildman–Crippen MR) is 100 cm³/mol. The van der Waals surface area contributed by atoms with Crippen LogP contribution in [0.5, 0.6) is 5.75 Å². The Morgan fingerprint density at radius 2 is 1.89 bits per heavy atom. The first-order valence-corrected chi connectivity index (χ1v) is 8.72. The molecule has 0 bridgehead atoms. The molecule has 2 aromatic carbocycles. The quantitative estimate of drug-likeness (QED) is 0.631. The van der Waals surface area contributed by atoms with Crippen molar-refractivity contribution in [2.45, 2.75) is 13.3 Å². The molecule has 0 aliphatic rings. The van der Waals surface area contributed by atoms with Crippen molar-refractivity contribution in [3.8, 4) is 17.2 Å². The molecule has 0 atom stereocenters. The van der Waals surface area contributed by atoms with Gasteiger partial charge < -0.3 is 19.8 Å². The van der Waals surface area contributed by atoms with Crippen LogP contribution in [0.3, 0.4) is 0 Å². The summed E-state index contributed by atoms with van der Waals surface area (Å²) in [7, 11) is 0. The van der Waals surface area contributed by atoms with E-state index in [1.165, 1.54) is 36.6 Å². The van der Waals surface area contributed by atoms with E-state index in [0.717, 1.165) is 0 Å². The predicted octanol–water partition coefficient (Wildman–Crippen LogP) is 4.38. The fraction of sp³-hybridized carbons (Fsp3) is 0.200. The second kappa shape index (κ2) is 8.98. The zero-order valence-corrected chi connectivity index (χ0v) is 15.2. The molecule has 0 fully saturated rings. The fourth-order valence-electron chi connectivity index (χ4n) is 2.49. The number of nitrogens with one attached hydrogen (secondary N) is 2. The topological polar surface area (TPSA) is 76.4 Å². The van der Waals surface area contributed by atoms with Crippen molar-refractivity contribution in [2.75, 3.05) is 18.5 Å². The van der Waals surface area contributed by atoms with Gasteiger partial charge in [0.1, 0.15) is 23.6 Å². The summed E-state index contributed by atoms with van der Waals surface area (Å²) < 4.78 is 37.0. The van der Waals surface area contributed by atoms with Crippen molar-refractivity contribution >= 4 is 11.7 Å². The molecule has 0 saturated carbocycles. The molecule has 0 saturated heterocycles. The molecular weight excluding hydrogens is 368 g/mol. The number of anilines is 1. The van der Waals surface area contributed by atoms with Crippen molar-refractivity contribution in [2.24, 2.45) is 0 Å². The molecule has 0 radical (unpaired) electrons. The Hall–Kier alpha value is -3.42. The number of rotatable bonds is 7. The number of oxazole rings is 1. The van der Waals surface area contributed by atoms with Gasteiger partial charge in [-0.05, 0) is 43.3 Å². The first-order valence-electron chi connectivity index (χ1n) is 8.72. The van der Waals surface area contributed by atoms with Gasteiger partial charge in [-0.25, -0.2) is 18.6 Å². The number of benzene rings is 2. The standard InChI is InChI=1S/C20H19F2N3O3/c1-2-27-18-11-15(22)7-8-17(18)25-20(26)23-10-9-16-12-28-19(24-16)13-3-5-14(21)6-4-13/h3-8,11-12H,2,9-10H2,1H3,(H2,23,25,26). The van der Waals surface area contributed by atoms with Crippen LogP contribution in [0.25, 0.3) is 11.5 Å². The summed E-state index contributed by atoms with van der Waals surface area (Å²) >= 11 is 0. The van der Waals surface area contributed by atoms with Crippen molar-refractivity contribution in [3.05, 3.63) is 66.1 Å². The van der Waals surface area contributed by atoms with Gasteiger partial charge in [-0.2, -0.15) is 0 Å². The smallest absolute Gasteiger partial charge is 0.319 e. The fourth-order valence-corrected chi connectivity index (χ4v) is 2.49. The van der Waals surface area contributed by atoms with Crippen molar-refractivity contribution in [1.29, 1.82) is 0 Å². The van der Waals surface area contributed by atoms with E-state index in [4.69, 9.17) is 9.15 Å².